The molecule has 0 saturated heterocycles. The van der Waals surface area contributed by atoms with Gasteiger partial charge in [-0.25, -0.2) is 4.98 Å². The number of hydrogen-bond donors (Lipinski definition) is 0. The Bertz CT molecular complexity index is 411. The van der Waals surface area contributed by atoms with Gasteiger partial charge in [-0.05, 0) is 36.0 Å². The molecule has 0 unspecified atom stereocenters. The van der Waals surface area contributed by atoms with E-state index in [0.29, 0.717) is 10.8 Å². The summed E-state index contributed by atoms with van der Waals surface area (Å²) < 4.78 is 4.97. The maximum atomic E-state index is 11.5. The van der Waals surface area contributed by atoms with Gasteiger partial charge in [-0.1, -0.05) is 6.07 Å². The van der Waals surface area contributed by atoms with Crippen molar-refractivity contribution in [3.8, 4) is 0 Å². The lowest BCUT2D eigenvalue weighted by atomic mass is 10.5. The SMILES string of the molecule is O=C(Sc1ccccn1)c1ccco1. The summed E-state index contributed by atoms with van der Waals surface area (Å²) in [5.41, 5.74) is 0. The van der Waals surface area contributed by atoms with Gasteiger partial charge in [0.25, 0.3) is 5.12 Å². The molecule has 14 heavy (non-hydrogen) atoms. The molecule has 70 valence electrons. The summed E-state index contributed by atoms with van der Waals surface area (Å²) in [5, 5.41) is 0.544. The maximum Gasteiger partial charge on any atom is 0.260 e. The van der Waals surface area contributed by atoms with Crippen LogP contribution in [0.15, 0.2) is 52.2 Å². The van der Waals surface area contributed by atoms with Crippen LogP contribution < -0.4 is 0 Å². The zero-order chi connectivity index (χ0) is 9.80. The Morgan fingerprint density at radius 2 is 2.21 bits per heavy atom. The molecule has 2 heterocycles. The summed E-state index contributed by atoms with van der Waals surface area (Å²) in [4.78, 5) is 15.5. The molecule has 0 bridgehead atoms. The number of carbonyl (C=O) groups excluding carboxylic acids is 1. The molecule has 0 spiro atoms. The van der Waals surface area contributed by atoms with Crippen LogP contribution in [0.3, 0.4) is 0 Å². The molecule has 0 saturated carbocycles. The lowest BCUT2D eigenvalue weighted by Gasteiger charge is -1.95. The van der Waals surface area contributed by atoms with Crippen molar-refractivity contribution in [1.29, 1.82) is 0 Å². The van der Waals surface area contributed by atoms with Gasteiger partial charge in [0.15, 0.2) is 5.76 Å². The third-order valence-electron chi connectivity index (χ3n) is 1.56. The zero-order valence-corrected chi connectivity index (χ0v) is 8.03. The van der Waals surface area contributed by atoms with E-state index < -0.39 is 0 Å². The Labute approximate surface area is 85.2 Å². The van der Waals surface area contributed by atoms with Crippen molar-refractivity contribution in [2.45, 2.75) is 5.03 Å². The van der Waals surface area contributed by atoms with E-state index in [1.54, 1.807) is 30.5 Å². The first kappa shape index (κ1) is 9.02. The van der Waals surface area contributed by atoms with Crippen molar-refractivity contribution in [3.63, 3.8) is 0 Å². The van der Waals surface area contributed by atoms with Crippen molar-refractivity contribution < 1.29 is 9.21 Å². The molecule has 0 aliphatic rings. The van der Waals surface area contributed by atoms with Crippen LogP contribution in [0.1, 0.15) is 10.6 Å². The van der Waals surface area contributed by atoms with E-state index in [1.807, 2.05) is 6.07 Å². The number of carbonyl (C=O) groups is 1. The number of aromatic nitrogens is 1. The highest BCUT2D eigenvalue weighted by Gasteiger charge is 2.10. The van der Waals surface area contributed by atoms with Gasteiger partial charge in [-0.3, -0.25) is 4.79 Å². The number of thioether (sulfide) groups is 1. The van der Waals surface area contributed by atoms with Gasteiger partial charge in [0.2, 0.25) is 0 Å². The summed E-state index contributed by atoms with van der Waals surface area (Å²) in [6.07, 6.45) is 3.13. The predicted molar refractivity (Wildman–Crippen MR) is 53.1 cm³/mol. The third kappa shape index (κ3) is 2.03. The van der Waals surface area contributed by atoms with Gasteiger partial charge in [0, 0.05) is 6.20 Å². The largest absolute Gasteiger partial charge is 0.460 e. The van der Waals surface area contributed by atoms with E-state index in [4.69, 9.17) is 4.42 Å². The number of hydrogen-bond acceptors (Lipinski definition) is 4. The Hall–Kier alpha value is -1.55. The van der Waals surface area contributed by atoms with Crippen molar-refractivity contribution >= 4 is 16.9 Å². The quantitative estimate of drug-likeness (QED) is 0.707. The second-order valence-corrected chi connectivity index (χ2v) is 3.53. The predicted octanol–water partition coefficient (Wildman–Crippen LogP) is 2.61. The number of nitrogens with zero attached hydrogens (tertiary/aromatic N) is 1. The van der Waals surface area contributed by atoms with Crippen molar-refractivity contribution in [3.05, 3.63) is 48.6 Å². The minimum atomic E-state index is -0.131. The molecule has 0 aliphatic carbocycles. The summed E-state index contributed by atoms with van der Waals surface area (Å²) >= 11 is 1.06. The Kier molecular flexibility index (Phi) is 2.65. The Balaban J connectivity index is 2.10. The summed E-state index contributed by atoms with van der Waals surface area (Å²) in [6, 6.07) is 8.75. The van der Waals surface area contributed by atoms with E-state index in [1.165, 1.54) is 6.26 Å². The molecule has 2 aromatic heterocycles. The van der Waals surface area contributed by atoms with Gasteiger partial charge >= 0.3 is 0 Å². The minimum Gasteiger partial charge on any atom is -0.460 e. The Morgan fingerprint density at radius 1 is 1.29 bits per heavy atom. The first-order chi connectivity index (χ1) is 6.86. The standard InChI is InChI=1S/C10H7NO2S/c12-10(8-4-3-7-13-8)14-9-5-1-2-6-11-9/h1-7H. The van der Waals surface area contributed by atoms with Crippen molar-refractivity contribution in [2.75, 3.05) is 0 Å². The normalized spacial score (nSPS) is 10.0. The van der Waals surface area contributed by atoms with E-state index >= 15 is 0 Å². The van der Waals surface area contributed by atoms with E-state index in [0.717, 1.165) is 11.8 Å². The fourth-order valence-electron chi connectivity index (χ4n) is 0.947. The molecule has 3 nitrogen and oxygen atoms in total. The average molecular weight is 205 g/mol. The highest BCUT2D eigenvalue weighted by Crippen LogP contribution is 2.20. The summed E-state index contributed by atoms with van der Waals surface area (Å²) in [6.45, 7) is 0. The second kappa shape index (κ2) is 4.11. The third-order valence-corrected chi connectivity index (χ3v) is 2.39. The van der Waals surface area contributed by atoms with Gasteiger partial charge < -0.3 is 4.42 Å². The second-order valence-electron chi connectivity index (χ2n) is 2.53. The van der Waals surface area contributed by atoms with Crippen molar-refractivity contribution in [2.24, 2.45) is 0 Å². The minimum absolute atomic E-state index is 0.131. The van der Waals surface area contributed by atoms with E-state index in [2.05, 4.69) is 4.98 Å². The van der Waals surface area contributed by atoms with E-state index in [9.17, 15) is 4.79 Å². The fraction of sp³-hybridized carbons (Fsp3) is 0. The molecule has 2 rings (SSSR count). The molecule has 0 fully saturated rings. The van der Waals surface area contributed by atoms with Crippen LogP contribution in [-0.4, -0.2) is 10.1 Å². The Morgan fingerprint density at radius 3 is 2.86 bits per heavy atom. The molecule has 0 N–H and O–H groups in total. The molecule has 0 atom stereocenters. The molecule has 2 aromatic rings. The van der Waals surface area contributed by atoms with Crippen LogP contribution in [0.2, 0.25) is 0 Å². The van der Waals surface area contributed by atoms with Crippen LogP contribution in [0.25, 0.3) is 0 Å². The monoisotopic (exact) mass is 205 g/mol. The van der Waals surface area contributed by atoms with Crippen LogP contribution in [0.4, 0.5) is 0 Å². The molecule has 0 aliphatic heterocycles. The van der Waals surface area contributed by atoms with Gasteiger partial charge in [0.1, 0.15) is 5.03 Å². The van der Waals surface area contributed by atoms with Gasteiger partial charge in [-0.2, -0.15) is 0 Å². The lowest BCUT2D eigenvalue weighted by Crippen LogP contribution is -1.90. The average Bonchev–Trinajstić information content (AvgIpc) is 2.72. The highest BCUT2D eigenvalue weighted by atomic mass is 32.2. The summed E-state index contributed by atoms with van der Waals surface area (Å²) in [7, 11) is 0. The zero-order valence-electron chi connectivity index (χ0n) is 7.21. The van der Waals surface area contributed by atoms with Gasteiger partial charge in [0.05, 0.1) is 6.26 Å². The molecule has 0 radical (unpaired) electrons. The van der Waals surface area contributed by atoms with Crippen molar-refractivity contribution in [1.82, 2.24) is 4.98 Å². The highest BCUT2D eigenvalue weighted by molar-refractivity contribution is 8.14. The maximum absolute atomic E-state index is 11.5. The first-order valence-corrected chi connectivity index (χ1v) is 4.84. The molecule has 4 heteroatoms. The van der Waals surface area contributed by atoms with Crippen LogP contribution >= 0.6 is 11.8 Å². The van der Waals surface area contributed by atoms with E-state index in [-0.39, 0.29) is 5.12 Å². The van der Waals surface area contributed by atoms with Crippen LogP contribution in [0.5, 0.6) is 0 Å². The fourth-order valence-corrected chi connectivity index (χ4v) is 1.61. The topological polar surface area (TPSA) is 43.1 Å². The molecular formula is C10H7NO2S. The summed E-state index contributed by atoms with van der Waals surface area (Å²) in [5.74, 6) is 0.348. The molecular weight excluding hydrogens is 198 g/mol. The van der Waals surface area contributed by atoms with Crippen LogP contribution in [-0.2, 0) is 0 Å². The smallest absolute Gasteiger partial charge is 0.260 e. The molecule has 0 amide bonds. The number of rotatable bonds is 2. The van der Waals surface area contributed by atoms with Crippen LogP contribution in [0, 0.1) is 0 Å². The first-order valence-electron chi connectivity index (χ1n) is 4.03. The molecule has 0 aromatic carbocycles. The lowest BCUT2D eigenvalue weighted by molar-refractivity contribution is 0.106. The van der Waals surface area contributed by atoms with Gasteiger partial charge in [-0.15, -0.1) is 0 Å². The number of furan rings is 1. The number of pyridine rings is 1.